The zero-order valence-electron chi connectivity index (χ0n) is 16.4. The predicted molar refractivity (Wildman–Crippen MR) is 104 cm³/mol. The van der Waals surface area contributed by atoms with E-state index < -0.39 is 5.54 Å². The molecule has 2 N–H and O–H groups in total. The molecule has 0 atom stereocenters. The van der Waals surface area contributed by atoms with Crippen molar-refractivity contribution in [2.24, 2.45) is 29.6 Å². The lowest BCUT2D eigenvalue weighted by atomic mass is 9.41. The van der Waals surface area contributed by atoms with Crippen LogP contribution in [-0.4, -0.2) is 23.2 Å². The minimum atomic E-state index is -0.560. The van der Waals surface area contributed by atoms with Crippen LogP contribution in [0.25, 0.3) is 0 Å². The number of carbonyl (C=O) groups is 1. The molecule has 1 aromatic carbocycles. The van der Waals surface area contributed by atoms with E-state index in [1.165, 1.54) is 31.2 Å². The first kappa shape index (κ1) is 18.0. The van der Waals surface area contributed by atoms with Gasteiger partial charge >= 0.3 is 0 Å². The van der Waals surface area contributed by atoms with Crippen molar-refractivity contribution in [3.63, 3.8) is 0 Å². The van der Waals surface area contributed by atoms with Crippen molar-refractivity contribution < 1.29 is 9.90 Å². The molecule has 4 saturated carbocycles. The molecule has 142 valence electrons. The van der Waals surface area contributed by atoms with E-state index in [0.29, 0.717) is 18.3 Å². The fourth-order valence-corrected chi connectivity index (χ4v) is 6.60. The maximum atomic E-state index is 13.0. The average molecular weight is 356 g/mol. The molecule has 0 heterocycles. The van der Waals surface area contributed by atoms with Gasteiger partial charge in [-0.2, -0.15) is 0 Å². The molecule has 0 radical (unpaired) electrons. The molecule has 3 nitrogen and oxygen atoms in total. The molecule has 1 amide bonds. The summed E-state index contributed by atoms with van der Waals surface area (Å²) in [6.45, 7) is 6.19. The Morgan fingerprint density at radius 2 is 1.65 bits per heavy atom. The van der Waals surface area contributed by atoms with Crippen LogP contribution in [0.2, 0.25) is 0 Å². The van der Waals surface area contributed by atoms with Gasteiger partial charge in [0.05, 0.1) is 12.1 Å². The Labute approximate surface area is 157 Å². The van der Waals surface area contributed by atoms with Crippen LogP contribution < -0.4 is 5.32 Å². The first-order valence-electron chi connectivity index (χ1n) is 10.3. The van der Waals surface area contributed by atoms with Crippen LogP contribution >= 0.6 is 0 Å². The second-order valence-corrected chi connectivity index (χ2v) is 9.89. The molecule has 4 fully saturated rings. The Kier molecular flexibility index (Phi) is 4.42. The Bertz CT molecular complexity index is 636. The van der Waals surface area contributed by atoms with Crippen molar-refractivity contribution in [1.29, 1.82) is 0 Å². The van der Waals surface area contributed by atoms with Crippen molar-refractivity contribution >= 4 is 5.91 Å². The van der Waals surface area contributed by atoms with Crippen molar-refractivity contribution in [3.05, 3.63) is 35.9 Å². The molecule has 0 saturated heterocycles. The summed E-state index contributed by atoms with van der Waals surface area (Å²) in [5.41, 5.74) is 0.776. The minimum Gasteiger partial charge on any atom is -0.394 e. The number of amides is 1. The summed E-state index contributed by atoms with van der Waals surface area (Å²) in [7, 11) is 0. The first-order chi connectivity index (χ1) is 12.4. The van der Waals surface area contributed by atoms with Crippen LogP contribution in [0.1, 0.15) is 58.4 Å². The smallest absolute Gasteiger partial charge is 0.221 e. The molecule has 0 spiro atoms. The summed E-state index contributed by atoms with van der Waals surface area (Å²) >= 11 is 0. The fraction of sp³-hybridized carbons (Fsp3) is 0.696. The normalized spacial score (nSPS) is 38.4. The molecule has 26 heavy (non-hydrogen) atoms. The largest absolute Gasteiger partial charge is 0.394 e. The van der Waals surface area contributed by atoms with Crippen molar-refractivity contribution in [1.82, 2.24) is 5.32 Å². The van der Waals surface area contributed by atoms with Gasteiger partial charge in [0.15, 0.2) is 0 Å². The standard InChI is InChI=1S/C23H33NO2/c1-15-16-9-19-11-17(15)12-20(10-16)23(19,18-7-5-4-6-8-18)13-21(26)24-22(2,3)14-25/h4-8,15-17,19-20,25H,9-14H2,1-3H3,(H,24,26). The molecule has 4 bridgehead atoms. The lowest BCUT2D eigenvalue weighted by Gasteiger charge is -2.63. The zero-order chi connectivity index (χ0) is 18.5. The topological polar surface area (TPSA) is 49.3 Å². The molecule has 0 aromatic heterocycles. The average Bonchev–Trinajstić information content (AvgIpc) is 2.60. The number of benzene rings is 1. The van der Waals surface area contributed by atoms with Crippen LogP contribution in [0.5, 0.6) is 0 Å². The number of rotatable bonds is 5. The van der Waals surface area contributed by atoms with Crippen LogP contribution in [-0.2, 0) is 10.2 Å². The lowest BCUT2D eigenvalue weighted by Crippen LogP contribution is -2.60. The number of carbonyl (C=O) groups excluding carboxylic acids is 1. The second-order valence-electron chi connectivity index (χ2n) is 9.89. The monoisotopic (exact) mass is 355 g/mol. The number of aliphatic hydroxyl groups excluding tert-OH is 1. The zero-order valence-corrected chi connectivity index (χ0v) is 16.4. The van der Waals surface area contributed by atoms with E-state index in [0.717, 1.165) is 17.8 Å². The third-order valence-electron chi connectivity index (χ3n) is 7.93. The van der Waals surface area contributed by atoms with E-state index in [2.05, 4.69) is 42.6 Å². The molecular formula is C23H33NO2. The van der Waals surface area contributed by atoms with E-state index in [1.54, 1.807) is 0 Å². The summed E-state index contributed by atoms with van der Waals surface area (Å²) in [6, 6.07) is 10.8. The number of hydrogen-bond donors (Lipinski definition) is 2. The SMILES string of the molecule is CC1C2CC3CC1CC(C2)C3(CC(=O)NC(C)(C)CO)c1ccccc1. The van der Waals surface area contributed by atoms with Gasteiger partial charge in [-0.1, -0.05) is 37.3 Å². The Balaban J connectivity index is 1.68. The van der Waals surface area contributed by atoms with E-state index in [9.17, 15) is 9.90 Å². The Morgan fingerprint density at radius 1 is 1.12 bits per heavy atom. The molecule has 0 aliphatic heterocycles. The summed E-state index contributed by atoms with van der Waals surface area (Å²) in [5.74, 6) is 3.89. The number of hydrogen-bond acceptors (Lipinski definition) is 2. The van der Waals surface area contributed by atoms with Crippen molar-refractivity contribution in [2.75, 3.05) is 6.61 Å². The molecule has 5 rings (SSSR count). The molecular weight excluding hydrogens is 322 g/mol. The van der Waals surface area contributed by atoms with E-state index in [-0.39, 0.29) is 17.9 Å². The predicted octanol–water partition coefficient (Wildman–Crippen LogP) is 3.90. The highest BCUT2D eigenvalue weighted by Gasteiger charge is 2.60. The van der Waals surface area contributed by atoms with Crippen molar-refractivity contribution in [3.8, 4) is 0 Å². The van der Waals surface area contributed by atoms with Gasteiger partial charge in [0.2, 0.25) is 5.91 Å². The Hall–Kier alpha value is -1.35. The van der Waals surface area contributed by atoms with E-state index >= 15 is 0 Å². The maximum Gasteiger partial charge on any atom is 0.221 e. The van der Waals surface area contributed by atoms with Crippen molar-refractivity contribution in [2.45, 2.75) is 63.8 Å². The van der Waals surface area contributed by atoms with Crippen LogP contribution in [0.15, 0.2) is 30.3 Å². The van der Waals surface area contributed by atoms with Crippen LogP contribution in [0.4, 0.5) is 0 Å². The minimum absolute atomic E-state index is 0.0238. The Morgan fingerprint density at radius 3 is 2.15 bits per heavy atom. The first-order valence-corrected chi connectivity index (χ1v) is 10.3. The second kappa shape index (κ2) is 6.37. The number of aliphatic hydroxyl groups is 1. The van der Waals surface area contributed by atoms with Gasteiger partial charge in [0.1, 0.15) is 0 Å². The lowest BCUT2D eigenvalue weighted by molar-refractivity contribution is -0.134. The summed E-state index contributed by atoms with van der Waals surface area (Å²) in [5, 5.41) is 12.6. The molecule has 4 aliphatic carbocycles. The maximum absolute atomic E-state index is 13.0. The summed E-state index contributed by atoms with van der Waals surface area (Å²) in [4.78, 5) is 13.0. The quantitative estimate of drug-likeness (QED) is 0.841. The molecule has 4 aliphatic rings. The van der Waals surface area contributed by atoms with Gasteiger partial charge in [-0.05, 0) is 74.7 Å². The van der Waals surface area contributed by atoms with Crippen LogP contribution in [0, 0.1) is 29.6 Å². The highest BCUT2D eigenvalue weighted by molar-refractivity contribution is 5.78. The summed E-state index contributed by atoms with van der Waals surface area (Å²) < 4.78 is 0. The molecule has 0 unspecified atom stereocenters. The van der Waals surface area contributed by atoms with Gasteiger partial charge in [-0.3, -0.25) is 4.79 Å². The highest BCUT2D eigenvalue weighted by Crippen LogP contribution is 2.65. The van der Waals surface area contributed by atoms with Gasteiger partial charge in [-0.25, -0.2) is 0 Å². The number of nitrogens with one attached hydrogen (secondary N) is 1. The third-order valence-corrected chi connectivity index (χ3v) is 7.93. The molecule has 3 heteroatoms. The highest BCUT2D eigenvalue weighted by atomic mass is 16.3. The van der Waals surface area contributed by atoms with E-state index in [1.807, 2.05) is 13.8 Å². The van der Waals surface area contributed by atoms with E-state index in [4.69, 9.17) is 0 Å². The fourth-order valence-electron chi connectivity index (χ4n) is 6.60. The van der Waals surface area contributed by atoms with Gasteiger partial charge in [-0.15, -0.1) is 0 Å². The van der Waals surface area contributed by atoms with Gasteiger partial charge < -0.3 is 10.4 Å². The van der Waals surface area contributed by atoms with Crippen LogP contribution in [0.3, 0.4) is 0 Å². The third kappa shape index (κ3) is 2.79. The van der Waals surface area contributed by atoms with Gasteiger partial charge in [0.25, 0.3) is 0 Å². The summed E-state index contributed by atoms with van der Waals surface area (Å²) in [6.07, 6.45) is 5.67. The molecule has 1 aromatic rings. The van der Waals surface area contributed by atoms with Gasteiger partial charge in [0, 0.05) is 11.8 Å².